The molecule has 2 N–H and O–H groups in total. The van der Waals surface area contributed by atoms with E-state index in [1.54, 1.807) is 4.90 Å². The molecule has 1 aliphatic heterocycles. The third kappa shape index (κ3) is 6.75. The van der Waals surface area contributed by atoms with E-state index in [1.807, 2.05) is 33.8 Å². The van der Waals surface area contributed by atoms with Crippen molar-refractivity contribution < 1.29 is 18.7 Å². The minimum absolute atomic E-state index is 0.123. The van der Waals surface area contributed by atoms with Gasteiger partial charge in [0.15, 0.2) is 5.13 Å². The summed E-state index contributed by atoms with van der Waals surface area (Å²) in [5, 5.41) is 6.40. The van der Waals surface area contributed by atoms with Gasteiger partial charge in [0, 0.05) is 36.5 Å². The summed E-state index contributed by atoms with van der Waals surface area (Å²) in [4.78, 5) is 40.6. The molecule has 36 heavy (non-hydrogen) atoms. The van der Waals surface area contributed by atoms with Crippen LogP contribution in [0.2, 0.25) is 0 Å². The Bertz CT molecular complexity index is 1230. The fourth-order valence-electron chi connectivity index (χ4n) is 3.76. The van der Waals surface area contributed by atoms with Crippen molar-refractivity contribution in [2.45, 2.75) is 52.1 Å². The van der Waals surface area contributed by atoms with E-state index in [1.165, 1.54) is 41.8 Å². The molecule has 0 unspecified atom stereocenters. The van der Waals surface area contributed by atoms with Gasteiger partial charge in [-0.25, -0.2) is 24.1 Å². The second-order valence-electron chi connectivity index (χ2n) is 9.61. The monoisotopic (exact) mass is 512 g/mol. The number of halogens is 1. The van der Waals surface area contributed by atoms with E-state index in [2.05, 4.69) is 25.6 Å². The van der Waals surface area contributed by atoms with Crippen LogP contribution in [0.25, 0.3) is 0 Å². The standard InChI is InChI=1S/C25H29FN6O3S/c1-15-13-20(30-21(28-15)16-9-11-32(12-10-16)24(34)35-25(2,3)4)31-23-27-14-19(36-23)22(33)29-18-7-5-17(26)6-8-18/h5-8,13-14,16H,9-12H2,1-4H3,(H,29,33)(H,27,28,30,31). The highest BCUT2D eigenvalue weighted by Gasteiger charge is 2.29. The van der Waals surface area contributed by atoms with Gasteiger partial charge in [-0.1, -0.05) is 11.3 Å². The highest BCUT2D eigenvalue weighted by molar-refractivity contribution is 7.17. The van der Waals surface area contributed by atoms with Gasteiger partial charge in [-0.3, -0.25) is 4.79 Å². The molecule has 0 bridgehead atoms. The second kappa shape index (κ2) is 10.6. The Labute approximate surface area is 213 Å². The van der Waals surface area contributed by atoms with Gasteiger partial charge in [0.05, 0.1) is 6.20 Å². The molecule has 0 spiro atoms. The van der Waals surface area contributed by atoms with Gasteiger partial charge >= 0.3 is 6.09 Å². The third-order valence-corrected chi connectivity index (χ3v) is 6.36. The maximum atomic E-state index is 13.1. The molecule has 190 valence electrons. The molecule has 0 saturated carbocycles. The van der Waals surface area contributed by atoms with Gasteiger partial charge in [-0.15, -0.1) is 0 Å². The molecule has 0 atom stereocenters. The lowest BCUT2D eigenvalue weighted by molar-refractivity contribution is 0.0203. The zero-order valence-electron chi connectivity index (χ0n) is 20.7. The Morgan fingerprint density at radius 1 is 1.14 bits per heavy atom. The predicted molar refractivity (Wildman–Crippen MR) is 136 cm³/mol. The number of benzene rings is 1. The molecule has 2 amide bonds. The number of piperidine rings is 1. The molecule has 3 heterocycles. The number of hydrogen-bond donors (Lipinski definition) is 2. The Balaban J connectivity index is 1.38. The lowest BCUT2D eigenvalue weighted by atomic mass is 9.96. The minimum Gasteiger partial charge on any atom is -0.444 e. The molecule has 2 aromatic heterocycles. The summed E-state index contributed by atoms with van der Waals surface area (Å²) in [5.74, 6) is 0.727. The number of nitrogens with zero attached hydrogens (tertiary/aromatic N) is 4. The topological polar surface area (TPSA) is 109 Å². The van der Waals surface area contributed by atoms with Crippen molar-refractivity contribution in [2.24, 2.45) is 0 Å². The van der Waals surface area contributed by atoms with E-state index in [-0.39, 0.29) is 23.7 Å². The zero-order chi connectivity index (χ0) is 25.9. The van der Waals surface area contributed by atoms with E-state index in [4.69, 9.17) is 4.74 Å². The van der Waals surface area contributed by atoms with Crippen LogP contribution in [0.5, 0.6) is 0 Å². The van der Waals surface area contributed by atoms with Crippen LogP contribution in [0, 0.1) is 12.7 Å². The summed E-state index contributed by atoms with van der Waals surface area (Å²) in [7, 11) is 0. The largest absolute Gasteiger partial charge is 0.444 e. The average Bonchev–Trinajstić information content (AvgIpc) is 3.28. The Morgan fingerprint density at radius 2 is 1.83 bits per heavy atom. The number of aromatic nitrogens is 3. The summed E-state index contributed by atoms with van der Waals surface area (Å²) in [6.45, 7) is 8.63. The number of aryl methyl sites for hydroxylation is 1. The molecule has 9 nitrogen and oxygen atoms in total. The highest BCUT2D eigenvalue weighted by Crippen LogP contribution is 2.29. The van der Waals surface area contributed by atoms with Gasteiger partial charge in [-0.2, -0.15) is 0 Å². The van der Waals surface area contributed by atoms with Crippen molar-refractivity contribution >= 4 is 40.0 Å². The maximum absolute atomic E-state index is 13.1. The summed E-state index contributed by atoms with van der Waals surface area (Å²) in [6, 6.07) is 7.38. The van der Waals surface area contributed by atoms with Crippen molar-refractivity contribution in [3.05, 3.63) is 58.7 Å². The van der Waals surface area contributed by atoms with E-state index in [0.29, 0.717) is 40.4 Å². The maximum Gasteiger partial charge on any atom is 0.410 e. The number of amides is 2. The average molecular weight is 513 g/mol. The molecule has 1 aromatic carbocycles. The van der Waals surface area contributed by atoms with Crippen molar-refractivity contribution in [2.75, 3.05) is 23.7 Å². The summed E-state index contributed by atoms with van der Waals surface area (Å²) in [6.07, 6.45) is 2.67. The van der Waals surface area contributed by atoms with Crippen LogP contribution in [-0.2, 0) is 4.74 Å². The Morgan fingerprint density at radius 3 is 2.50 bits per heavy atom. The number of nitrogens with one attached hydrogen (secondary N) is 2. The fourth-order valence-corrected chi connectivity index (χ4v) is 4.48. The van der Waals surface area contributed by atoms with E-state index >= 15 is 0 Å². The van der Waals surface area contributed by atoms with E-state index in [9.17, 15) is 14.0 Å². The fraction of sp³-hybridized carbons (Fsp3) is 0.400. The van der Waals surface area contributed by atoms with Gasteiger partial charge < -0.3 is 20.3 Å². The summed E-state index contributed by atoms with van der Waals surface area (Å²) >= 11 is 1.19. The summed E-state index contributed by atoms with van der Waals surface area (Å²) in [5.41, 5.74) is 0.784. The van der Waals surface area contributed by atoms with Crippen LogP contribution < -0.4 is 10.6 Å². The third-order valence-electron chi connectivity index (χ3n) is 5.45. The lowest BCUT2D eigenvalue weighted by Crippen LogP contribution is -2.41. The van der Waals surface area contributed by atoms with Gasteiger partial charge in [0.1, 0.15) is 27.9 Å². The number of rotatable bonds is 5. The molecule has 11 heteroatoms. The Kier molecular flexibility index (Phi) is 7.48. The van der Waals surface area contributed by atoms with Crippen LogP contribution in [0.15, 0.2) is 36.5 Å². The van der Waals surface area contributed by atoms with Gasteiger partial charge in [-0.05, 0) is 64.8 Å². The molecule has 3 aromatic rings. The SMILES string of the molecule is Cc1cc(Nc2ncc(C(=O)Nc3ccc(F)cc3)s2)nc(C2CCN(C(=O)OC(C)(C)C)CC2)n1. The van der Waals surface area contributed by atoms with Crippen molar-refractivity contribution in [1.82, 2.24) is 19.9 Å². The van der Waals surface area contributed by atoms with E-state index in [0.717, 1.165) is 18.5 Å². The molecule has 1 aliphatic rings. The molecular weight excluding hydrogens is 483 g/mol. The quantitative estimate of drug-likeness (QED) is 0.465. The normalized spacial score (nSPS) is 14.4. The van der Waals surface area contributed by atoms with Crippen LogP contribution in [0.4, 0.5) is 25.8 Å². The first-order valence-electron chi connectivity index (χ1n) is 11.7. The second-order valence-corrected chi connectivity index (χ2v) is 10.6. The number of likely N-dealkylation sites (tertiary alicyclic amines) is 1. The molecule has 4 rings (SSSR count). The van der Waals surface area contributed by atoms with E-state index < -0.39 is 5.60 Å². The minimum atomic E-state index is -0.522. The molecule has 1 saturated heterocycles. The first-order chi connectivity index (χ1) is 17.1. The van der Waals surface area contributed by atoms with Crippen LogP contribution in [0.3, 0.4) is 0 Å². The smallest absolute Gasteiger partial charge is 0.410 e. The number of ether oxygens (including phenoxy) is 1. The van der Waals surface area contributed by atoms with Crippen molar-refractivity contribution in [1.29, 1.82) is 0 Å². The van der Waals surface area contributed by atoms with Crippen LogP contribution in [-0.4, -0.2) is 50.5 Å². The number of thiazole rings is 1. The zero-order valence-corrected chi connectivity index (χ0v) is 21.5. The van der Waals surface area contributed by atoms with Crippen LogP contribution >= 0.6 is 11.3 Å². The van der Waals surface area contributed by atoms with Gasteiger partial charge in [0.2, 0.25) is 0 Å². The van der Waals surface area contributed by atoms with Gasteiger partial charge in [0.25, 0.3) is 5.91 Å². The number of hydrogen-bond acceptors (Lipinski definition) is 8. The van der Waals surface area contributed by atoms with Crippen molar-refractivity contribution in [3.8, 4) is 0 Å². The van der Waals surface area contributed by atoms with Crippen LogP contribution in [0.1, 0.15) is 60.7 Å². The lowest BCUT2D eigenvalue weighted by Gasteiger charge is -2.33. The first-order valence-corrected chi connectivity index (χ1v) is 12.5. The number of anilines is 3. The molecule has 0 aliphatic carbocycles. The number of carbonyl (C=O) groups excluding carboxylic acids is 2. The van der Waals surface area contributed by atoms with Crippen molar-refractivity contribution in [3.63, 3.8) is 0 Å². The Hall–Kier alpha value is -3.60. The predicted octanol–water partition coefficient (Wildman–Crippen LogP) is 5.49. The highest BCUT2D eigenvalue weighted by atomic mass is 32.1. The molecular formula is C25H29FN6O3S. The first kappa shape index (κ1) is 25.5. The molecule has 1 fully saturated rings. The molecule has 0 radical (unpaired) electrons. The summed E-state index contributed by atoms with van der Waals surface area (Å²) < 4.78 is 18.6. The number of carbonyl (C=O) groups is 2.